The van der Waals surface area contributed by atoms with Gasteiger partial charge >= 0.3 is 39.5 Å². The molecular formula is C74H144O17P2. The Morgan fingerprint density at radius 2 is 0.495 bits per heavy atom. The zero-order chi connectivity index (χ0) is 68.6. The van der Waals surface area contributed by atoms with Gasteiger partial charge in [-0.15, -0.1) is 0 Å². The molecule has 0 aliphatic rings. The summed E-state index contributed by atoms with van der Waals surface area (Å²) in [4.78, 5) is 72.5. The van der Waals surface area contributed by atoms with Crippen molar-refractivity contribution in [2.75, 3.05) is 39.6 Å². The molecule has 5 atom stereocenters. The van der Waals surface area contributed by atoms with Gasteiger partial charge < -0.3 is 33.8 Å². The largest absolute Gasteiger partial charge is 0.472 e. The summed E-state index contributed by atoms with van der Waals surface area (Å²) in [6.07, 6.45) is 53.1. The van der Waals surface area contributed by atoms with Crippen LogP contribution in [-0.4, -0.2) is 96.7 Å². The van der Waals surface area contributed by atoms with Gasteiger partial charge in [-0.25, -0.2) is 9.13 Å². The molecule has 0 saturated carbocycles. The predicted molar refractivity (Wildman–Crippen MR) is 377 cm³/mol. The van der Waals surface area contributed by atoms with Crippen molar-refractivity contribution in [1.82, 2.24) is 0 Å². The Balaban J connectivity index is 5.17. The molecule has 2 unspecified atom stereocenters. The number of ether oxygens (including phenoxy) is 4. The van der Waals surface area contributed by atoms with Gasteiger partial charge in [0.15, 0.2) is 12.2 Å². The van der Waals surface area contributed by atoms with Crippen LogP contribution in [0.1, 0.15) is 382 Å². The summed E-state index contributed by atoms with van der Waals surface area (Å²) in [7, 11) is -9.90. The molecule has 19 heteroatoms. The van der Waals surface area contributed by atoms with E-state index in [1.807, 2.05) is 0 Å². The number of esters is 4. The Bertz CT molecular complexity index is 1800. The van der Waals surface area contributed by atoms with Gasteiger partial charge in [-0.2, -0.15) is 0 Å². The highest BCUT2D eigenvalue weighted by Crippen LogP contribution is 2.45. The van der Waals surface area contributed by atoms with E-state index in [4.69, 9.17) is 37.0 Å². The van der Waals surface area contributed by atoms with Crippen molar-refractivity contribution in [1.29, 1.82) is 0 Å². The zero-order valence-electron chi connectivity index (χ0n) is 60.6. The molecular weight excluding hydrogens is 1220 g/mol. The van der Waals surface area contributed by atoms with E-state index in [9.17, 15) is 43.2 Å². The summed E-state index contributed by atoms with van der Waals surface area (Å²) in [5.41, 5.74) is 0. The van der Waals surface area contributed by atoms with Crippen LogP contribution in [0, 0.1) is 11.8 Å². The Morgan fingerprint density at radius 1 is 0.290 bits per heavy atom. The minimum Gasteiger partial charge on any atom is -0.462 e. The molecule has 0 aliphatic heterocycles. The first-order valence-electron chi connectivity index (χ1n) is 38.5. The molecule has 3 N–H and O–H groups in total. The summed E-state index contributed by atoms with van der Waals surface area (Å²) in [5, 5.41) is 10.6. The predicted octanol–water partition coefficient (Wildman–Crippen LogP) is 21.6. The molecule has 0 fully saturated rings. The quantitative estimate of drug-likeness (QED) is 0.0222. The summed E-state index contributed by atoms with van der Waals surface area (Å²) in [5.74, 6) is -0.627. The topological polar surface area (TPSA) is 237 Å². The summed E-state index contributed by atoms with van der Waals surface area (Å²) >= 11 is 0. The molecule has 0 heterocycles. The lowest BCUT2D eigenvalue weighted by Gasteiger charge is -2.21. The molecule has 93 heavy (non-hydrogen) atoms. The standard InChI is InChI=1S/C74H144O17P2/c1-7-9-11-13-15-16-17-18-19-20-21-24-27-30-33-39-45-51-57-72(77)85-63-70(90-73(78)58-52-46-40-34-31-28-25-22-23-26-29-32-37-42-48-54-66(3)4)65-89-93(82,83)87-61-68(75)60-86-92(80,81)88-64-69(62-84-71(76)56-50-44-36-14-12-10-8-2)91-74(79)59-53-47-41-35-38-43-49-55-67(5)6/h66-70,75H,7-65H2,1-6H3,(H,80,81)(H,82,83)/t68-,69+,70+/m0/s1. The number of aliphatic hydroxyl groups excluding tert-OH is 1. The molecule has 0 aromatic rings. The van der Waals surface area contributed by atoms with Gasteiger partial charge in [0, 0.05) is 25.7 Å². The van der Waals surface area contributed by atoms with Crippen LogP contribution in [0.5, 0.6) is 0 Å². The van der Waals surface area contributed by atoms with Crippen LogP contribution in [0.25, 0.3) is 0 Å². The van der Waals surface area contributed by atoms with Crippen LogP contribution in [0.2, 0.25) is 0 Å². The number of carbonyl (C=O) groups is 4. The van der Waals surface area contributed by atoms with Gasteiger partial charge in [0.1, 0.15) is 19.3 Å². The van der Waals surface area contributed by atoms with Crippen molar-refractivity contribution >= 4 is 39.5 Å². The van der Waals surface area contributed by atoms with Crippen molar-refractivity contribution in [2.45, 2.75) is 400 Å². The first-order valence-corrected chi connectivity index (χ1v) is 41.5. The van der Waals surface area contributed by atoms with E-state index >= 15 is 0 Å². The highest BCUT2D eigenvalue weighted by molar-refractivity contribution is 7.47. The second-order valence-corrected chi connectivity index (χ2v) is 30.5. The van der Waals surface area contributed by atoms with Crippen LogP contribution in [-0.2, 0) is 65.4 Å². The number of carbonyl (C=O) groups excluding carboxylic acids is 4. The Morgan fingerprint density at radius 3 is 0.731 bits per heavy atom. The molecule has 0 amide bonds. The molecule has 0 bridgehead atoms. The number of phosphoric ester groups is 2. The van der Waals surface area contributed by atoms with Crippen molar-refractivity contribution < 1.29 is 80.2 Å². The summed E-state index contributed by atoms with van der Waals surface area (Å²) in [6, 6.07) is 0. The average molecular weight is 1370 g/mol. The highest BCUT2D eigenvalue weighted by atomic mass is 31.2. The summed E-state index contributed by atoms with van der Waals surface area (Å²) < 4.78 is 68.3. The van der Waals surface area contributed by atoms with Gasteiger partial charge in [0.05, 0.1) is 26.4 Å². The van der Waals surface area contributed by atoms with Crippen molar-refractivity contribution in [2.24, 2.45) is 11.8 Å². The van der Waals surface area contributed by atoms with Gasteiger partial charge in [0.25, 0.3) is 0 Å². The molecule has 0 aromatic carbocycles. The van der Waals surface area contributed by atoms with Gasteiger partial charge in [-0.05, 0) is 37.5 Å². The molecule has 0 aliphatic carbocycles. The highest BCUT2D eigenvalue weighted by Gasteiger charge is 2.30. The van der Waals surface area contributed by atoms with Crippen LogP contribution >= 0.6 is 15.6 Å². The number of aliphatic hydroxyl groups is 1. The molecule has 17 nitrogen and oxygen atoms in total. The monoisotopic (exact) mass is 1370 g/mol. The fraction of sp³-hybridized carbons (Fsp3) is 0.946. The Kier molecular flexibility index (Phi) is 64.6. The maximum atomic E-state index is 13.1. The van der Waals surface area contributed by atoms with Crippen molar-refractivity contribution in [3.05, 3.63) is 0 Å². The fourth-order valence-electron chi connectivity index (χ4n) is 11.3. The van der Waals surface area contributed by atoms with Crippen LogP contribution < -0.4 is 0 Å². The second kappa shape index (κ2) is 66.0. The smallest absolute Gasteiger partial charge is 0.462 e. The van der Waals surface area contributed by atoms with Crippen LogP contribution in [0.3, 0.4) is 0 Å². The fourth-order valence-corrected chi connectivity index (χ4v) is 12.9. The van der Waals surface area contributed by atoms with E-state index < -0.39 is 97.5 Å². The third-order valence-corrected chi connectivity index (χ3v) is 19.1. The molecule has 0 saturated heterocycles. The molecule has 0 rings (SSSR count). The number of rotatable bonds is 73. The maximum Gasteiger partial charge on any atom is 0.472 e. The first kappa shape index (κ1) is 91.1. The SMILES string of the molecule is CCCCCCCCCCCCCCCCCCCCC(=O)OC[C@H](COP(=O)(O)OC[C@@H](O)COP(=O)(O)OC[C@@H](COC(=O)CCCCCCCCC)OC(=O)CCCCCCCCCC(C)C)OC(=O)CCCCCCCCCCCCCCCCCC(C)C. The maximum absolute atomic E-state index is 13.1. The number of hydrogen-bond acceptors (Lipinski definition) is 15. The lowest BCUT2D eigenvalue weighted by atomic mass is 10.0. The van der Waals surface area contributed by atoms with Gasteiger partial charge in [-0.3, -0.25) is 37.3 Å². The van der Waals surface area contributed by atoms with E-state index in [2.05, 4.69) is 41.5 Å². The van der Waals surface area contributed by atoms with E-state index in [0.717, 1.165) is 109 Å². The van der Waals surface area contributed by atoms with E-state index in [1.165, 1.54) is 186 Å². The summed E-state index contributed by atoms with van der Waals surface area (Å²) in [6.45, 7) is 9.50. The third-order valence-electron chi connectivity index (χ3n) is 17.2. The van der Waals surface area contributed by atoms with E-state index in [0.29, 0.717) is 31.6 Å². The van der Waals surface area contributed by atoms with Crippen LogP contribution in [0.15, 0.2) is 0 Å². The molecule has 0 aromatic heterocycles. The minimum atomic E-state index is -4.95. The first-order chi connectivity index (χ1) is 44.9. The lowest BCUT2D eigenvalue weighted by molar-refractivity contribution is -0.161. The molecule has 552 valence electrons. The van der Waals surface area contributed by atoms with Crippen LogP contribution in [0.4, 0.5) is 0 Å². The van der Waals surface area contributed by atoms with Gasteiger partial charge in [0.2, 0.25) is 0 Å². The zero-order valence-corrected chi connectivity index (χ0v) is 62.3. The lowest BCUT2D eigenvalue weighted by Crippen LogP contribution is -2.30. The van der Waals surface area contributed by atoms with Gasteiger partial charge in [-0.1, -0.05) is 330 Å². The van der Waals surface area contributed by atoms with Crippen molar-refractivity contribution in [3.8, 4) is 0 Å². The number of hydrogen-bond donors (Lipinski definition) is 3. The number of unbranched alkanes of at least 4 members (excludes halogenated alkanes) is 43. The van der Waals surface area contributed by atoms with E-state index in [-0.39, 0.29) is 25.7 Å². The Labute approximate surface area is 568 Å². The molecule has 0 radical (unpaired) electrons. The molecule has 0 spiro atoms. The Hall–Kier alpha value is -1.94. The van der Waals surface area contributed by atoms with Crippen molar-refractivity contribution in [3.63, 3.8) is 0 Å². The normalized spacial score (nSPS) is 14.1. The third kappa shape index (κ3) is 68.4. The van der Waals surface area contributed by atoms with E-state index in [1.54, 1.807) is 0 Å². The second-order valence-electron chi connectivity index (χ2n) is 27.6. The minimum absolute atomic E-state index is 0.103. The average Bonchev–Trinajstić information content (AvgIpc) is 2.21. The number of phosphoric acid groups is 2.